The molecule has 0 N–H and O–H groups in total. The summed E-state index contributed by atoms with van der Waals surface area (Å²) in [5.74, 6) is -0.123. The Hall–Kier alpha value is -2.63. The minimum Gasteiger partial charge on any atom is -0.310 e. The molecule has 0 radical (unpaired) electrons. The van der Waals surface area contributed by atoms with Crippen molar-refractivity contribution in [1.29, 1.82) is 5.26 Å². The Morgan fingerprint density at radius 1 is 1.37 bits per heavy atom. The van der Waals surface area contributed by atoms with Gasteiger partial charge in [-0.25, -0.2) is 4.98 Å². The van der Waals surface area contributed by atoms with Crippen LogP contribution in [0.3, 0.4) is 0 Å². The van der Waals surface area contributed by atoms with Gasteiger partial charge in [-0.1, -0.05) is 30.0 Å². The second-order valence-electron chi connectivity index (χ2n) is 5.89. The fourth-order valence-electron chi connectivity index (χ4n) is 2.65. The molecule has 0 aliphatic heterocycles. The van der Waals surface area contributed by atoms with Gasteiger partial charge in [0.25, 0.3) is 5.56 Å². The minimum absolute atomic E-state index is 0.118. The van der Waals surface area contributed by atoms with E-state index in [2.05, 4.69) is 11.1 Å². The average molecular weight is 399 g/mol. The first-order valence-electron chi connectivity index (χ1n) is 8.37. The zero-order chi connectivity index (χ0) is 19.4. The smallest absolute Gasteiger partial charge is 0.262 e. The molecule has 0 fully saturated rings. The van der Waals surface area contributed by atoms with Crippen LogP contribution in [0.4, 0.5) is 5.69 Å². The summed E-state index contributed by atoms with van der Waals surface area (Å²) in [5, 5.41) is 11.4. The van der Waals surface area contributed by atoms with Crippen molar-refractivity contribution in [3.05, 3.63) is 52.1 Å². The lowest BCUT2D eigenvalue weighted by molar-refractivity contribution is -0.117. The highest BCUT2D eigenvalue weighted by atomic mass is 32.2. The predicted molar refractivity (Wildman–Crippen MR) is 109 cm³/mol. The maximum atomic E-state index is 13.0. The highest BCUT2D eigenvalue weighted by molar-refractivity contribution is 8.00. The number of rotatable bonds is 6. The number of hydrogen-bond acceptors (Lipinski definition) is 6. The molecule has 1 atom stereocenters. The van der Waals surface area contributed by atoms with Gasteiger partial charge in [0.1, 0.15) is 4.83 Å². The summed E-state index contributed by atoms with van der Waals surface area (Å²) >= 11 is 2.66. The van der Waals surface area contributed by atoms with Crippen molar-refractivity contribution in [3.63, 3.8) is 0 Å². The number of benzene rings is 1. The fourth-order valence-corrected chi connectivity index (χ4v) is 4.39. The zero-order valence-electron chi connectivity index (χ0n) is 15.0. The lowest BCUT2D eigenvalue weighted by atomic mass is 10.2. The van der Waals surface area contributed by atoms with Crippen molar-refractivity contribution in [2.75, 3.05) is 11.4 Å². The molecule has 0 bridgehead atoms. The molecule has 6 nitrogen and oxygen atoms in total. The molecule has 1 amide bonds. The summed E-state index contributed by atoms with van der Waals surface area (Å²) in [6.45, 7) is 2.11. The summed E-state index contributed by atoms with van der Waals surface area (Å²) in [6.07, 6.45) is 0.246. The van der Waals surface area contributed by atoms with Gasteiger partial charge in [0, 0.05) is 19.3 Å². The number of para-hydroxylation sites is 1. The summed E-state index contributed by atoms with van der Waals surface area (Å²) in [4.78, 5) is 32.3. The van der Waals surface area contributed by atoms with Gasteiger partial charge in [-0.05, 0) is 30.5 Å². The van der Waals surface area contributed by atoms with Crippen LogP contribution in [0.5, 0.6) is 0 Å². The van der Waals surface area contributed by atoms with E-state index < -0.39 is 5.25 Å². The number of aromatic nitrogens is 2. The van der Waals surface area contributed by atoms with Crippen molar-refractivity contribution in [2.45, 2.75) is 23.8 Å². The van der Waals surface area contributed by atoms with E-state index >= 15 is 0 Å². The quantitative estimate of drug-likeness (QED) is 0.470. The molecule has 1 unspecified atom stereocenters. The van der Waals surface area contributed by atoms with E-state index in [9.17, 15) is 9.59 Å². The third-order valence-corrected chi connectivity index (χ3v) is 6.01. The maximum Gasteiger partial charge on any atom is 0.262 e. The summed E-state index contributed by atoms with van der Waals surface area (Å²) in [5.41, 5.74) is 0.633. The molecule has 2 aromatic heterocycles. The molecular weight excluding hydrogens is 380 g/mol. The number of nitriles is 1. The number of carbonyl (C=O) groups excluding carboxylic acids is 1. The first-order chi connectivity index (χ1) is 13.0. The van der Waals surface area contributed by atoms with Gasteiger partial charge in [0.05, 0.1) is 23.1 Å². The molecule has 2 heterocycles. The van der Waals surface area contributed by atoms with Gasteiger partial charge >= 0.3 is 0 Å². The van der Waals surface area contributed by atoms with Gasteiger partial charge in [-0.2, -0.15) is 5.26 Å². The number of nitrogens with zero attached hydrogens (tertiary/aromatic N) is 4. The van der Waals surface area contributed by atoms with Crippen molar-refractivity contribution < 1.29 is 4.79 Å². The number of fused-ring (bicyclic) bond motifs is 1. The minimum atomic E-state index is -0.459. The first kappa shape index (κ1) is 19.1. The van der Waals surface area contributed by atoms with Gasteiger partial charge in [0.15, 0.2) is 5.16 Å². The normalized spacial score (nSPS) is 11.9. The third kappa shape index (κ3) is 4.04. The Morgan fingerprint density at radius 2 is 2.11 bits per heavy atom. The van der Waals surface area contributed by atoms with Crippen LogP contribution in [-0.2, 0) is 11.8 Å². The SMILES string of the molecule is CC(Sc1nc2sccc2c(=O)n1C)C(=O)N(CCC#N)c1ccccc1. The number of hydrogen-bond donors (Lipinski definition) is 0. The lowest BCUT2D eigenvalue weighted by Crippen LogP contribution is -2.37. The molecule has 0 saturated carbocycles. The number of thiophene rings is 1. The van der Waals surface area contributed by atoms with Gasteiger partial charge in [0.2, 0.25) is 5.91 Å². The van der Waals surface area contributed by atoms with Crippen LogP contribution in [0, 0.1) is 11.3 Å². The lowest BCUT2D eigenvalue weighted by Gasteiger charge is -2.25. The number of anilines is 1. The van der Waals surface area contributed by atoms with Crippen molar-refractivity contribution in [2.24, 2.45) is 7.05 Å². The van der Waals surface area contributed by atoms with E-state index in [1.807, 2.05) is 35.7 Å². The van der Waals surface area contributed by atoms with E-state index in [1.165, 1.54) is 27.7 Å². The van der Waals surface area contributed by atoms with Gasteiger partial charge in [-0.15, -0.1) is 11.3 Å². The summed E-state index contributed by atoms with van der Waals surface area (Å²) < 4.78 is 1.48. The molecule has 138 valence electrons. The molecule has 1 aromatic carbocycles. The van der Waals surface area contributed by atoms with E-state index in [0.717, 1.165) is 5.69 Å². The third-order valence-electron chi connectivity index (χ3n) is 4.08. The van der Waals surface area contributed by atoms with Gasteiger partial charge < -0.3 is 4.90 Å². The maximum absolute atomic E-state index is 13.0. The molecular formula is C19H18N4O2S2. The Labute approximate surface area is 165 Å². The van der Waals surface area contributed by atoms with Crippen molar-refractivity contribution >= 4 is 44.9 Å². The van der Waals surface area contributed by atoms with Gasteiger partial charge in [-0.3, -0.25) is 14.2 Å². The van der Waals surface area contributed by atoms with Crippen LogP contribution >= 0.6 is 23.1 Å². The van der Waals surface area contributed by atoms with Crippen LogP contribution in [0.2, 0.25) is 0 Å². The molecule has 3 aromatic rings. The number of thioether (sulfide) groups is 1. The Balaban J connectivity index is 1.86. The highest BCUT2D eigenvalue weighted by Gasteiger charge is 2.24. The van der Waals surface area contributed by atoms with Crippen LogP contribution in [-0.4, -0.2) is 27.3 Å². The molecule has 3 rings (SSSR count). The monoisotopic (exact) mass is 398 g/mol. The second-order valence-corrected chi connectivity index (χ2v) is 8.09. The van der Waals surface area contributed by atoms with E-state index in [4.69, 9.17) is 5.26 Å². The van der Waals surface area contributed by atoms with E-state index in [-0.39, 0.29) is 17.9 Å². The van der Waals surface area contributed by atoms with Crippen LogP contribution in [0.25, 0.3) is 10.2 Å². The largest absolute Gasteiger partial charge is 0.310 e. The molecule has 8 heteroatoms. The molecule has 0 spiro atoms. The van der Waals surface area contributed by atoms with E-state index in [1.54, 1.807) is 24.9 Å². The van der Waals surface area contributed by atoms with Crippen molar-refractivity contribution in [3.8, 4) is 6.07 Å². The Kier molecular flexibility index (Phi) is 5.94. The first-order valence-corrected chi connectivity index (χ1v) is 10.1. The average Bonchev–Trinajstić information content (AvgIpc) is 3.15. The van der Waals surface area contributed by atoms with Crippen LogP contribution in [0.15, 0.2) is 51.7 Å². The fraction of sp³-hybridized carbons (Fsp3) is 0.263. The highest BCUT2D eigenvalue weighted by Crippen LogP contribution is 2.26. The number of carbonyl (C=O) groups is 1. The van der Waals surface area contributed by atoms with E-state index in [0.29, 0.717) is 21.9 Å². The predicted octanol–water partition coefficient (Wildman–Crippen LogP) is 3.42. The van der Waals surface area contributed by atoms with Crippen LogP contribution in [0.1, 0.15) is 13.3 Å². The molecule has 0 aliphatic rings. The standard InChI is InChI=1S/C19H18N4O2S2/c1-13(17(24)23(11-6-10-20)14-7-4-3-5-8-14)27-19-21-16-15(9-12-26-16)18(25)22(19)2/h3-5,7-9,12-13H,6,11H2,1-2H3. The molecule has 27 heavy (non-hydrogen) atoms. The molecule has 0 saturated heterocycles. The zero-order valence-corrected chi connectivity index (χ0v) is 16.6. The summed E-state index contributed by atoms with van der Waals surface area (Å²) in [7, 11) is 1.66. The topological polar surface area (TPSA) is 79.0 Å². The Morgan fingerprint density at radius 3 is 2.81 bits per heavy atom. The summed E-state index contributed by atoms with van der Waals surface area (Å²) in [6, 6.07) is 13.1. The van der Waals surface area contributed by atoms with Crippen molar-refractivity contribution in [1.82, 2.24) is 9.55 Å². The molecule has 0 aliphatic carbocycles. The Bertz CT molecular complexity index is 1050. The van der Waals surface area contributed by atoms with Crippen LogP contribution < -0.4 is 10.5 Å². The number of amides is 1. The second kappa shape index (κ2) is 8.37.